The molecule has 2 aliphatic rings. The van der Waals surface area contributed by atoms with E-state index in [0.29, 0.717) is 23.3 Å². The number of ether oxygens (including phenoxy) is 1. The molecule has 0 spiro atoms. The van der Waals surface area contributed by atoms with Crippen molar-refractivity contribution in [1.29, 1.82) is 0 Å². The van der Waals surface area contributed by atoms with Crippen LogP contribution in [0, 0.1) is 0 Å². The molecule has 0 unspecified atom stereocenters. The van der Waals surface area contributed by atoms with Gasteiger partial charge >= 0.3 is 0 Å². The maximum Gasteiger partial charge on any atom is 0.164 e. The van der Waals surface area contributed by atoms with Crippen molar-refractivity contribution in [2.24, 2.45) is 0 Å². The fraction of sp³-hybridized carbons (Fsp3) is 0. The standard InChI is InChI=1S/C67H43N7OS/c1-5-21-44(22-6-1)54-43-55(45-23-7-2-8-24-45)69-66(68-54)50-37-48(40-53(41-50)74-58-31-15-19-35-62(58)76-63-36-20-16-32-59(63)74)49-38-51(42-52(39-49)73-56-29-13-17-33-60(56)75-61-34-18-14-30-57(61)73)67-71-64(46-25-9-3-10-26-46)70-65(72-67)47-27-11-4-12-28-47/h1-43H. The summed E-state index contributed by atoms with van der Waals surface area (Å²) >= 11 is 1.79. The number of hydrogen-bond acceptors (Lipinski definition) is 9. The van der Waals surface area contributed by atoms with Crippen LogP contribution in [-0.4, -0.2) is 24.9 Å². The molecule has 76 heavy (non-hydrogen) atoms. The number of hydrogen-bond donors (Lipinski definition) is 0. The van der Waals surface area contributed by atoms with E-state index in [1.165, 1.54) is 0 Å². The number of anilines is 6. The van der Waals surface area contributed by atoms with Gasteiger partial charge in [0.15, 0.2) is 34.8 Å². The molecule has 14 rings (SSSR count). The molecule has 0 fully saturated rings. The van der Waals surface area contributed by atoms with Crippen molar-refractivity contribution in [3.63, 3.8) is 0 Å². The van der Waals surface area contributed by atoms with E-state index in [0.717, 1.165) is 111 Å². The van der Waals surface area contributed by atoms with Crippen molar-refractivity contribution in [3.8, 4) is 90.7 Å². The van der Waals surface area contributed by atoms with E-state index in [1.54, 1.807) is 11.8 Å². The molecule has 0 radical (unpaired) electrons. The predicted molar refractivity (Wildman–Crippen MR) is 307 cm³/mol. The molecular weight excluding hydrogens is 951 g/mol. The van der Waals surface area contributed by atoms with Gasteiger partial charge in [-0.25, -0.2) is 24.9 Å². The van der Waals surface area contributed by atoms with Gasteiger partial charge in [-0.1, -0.05) is 182 Å². The Labute approximate surface area is 444 Å². The lowest BCUT2D eigenvalue weighted by atomic mass is 9.96. The molecule has 12 aromatic rings. The minimum absolute atomic E-state index is 0.532. The van der Waals surface area contributed by atoms with Crippen molar-refractivity contribution in [2.45, 2.75) is 9.79 Å². The Morgan fingerprint density at radius 3 is 1.04 bits per heavy atom. The van der Waals surface area contributed by atoms with Gasteiger partial charge in [0.2, 0.25) is 0 Å². The smallest absolute Gasteiger partial charge is 0.164 e. The summed E-state index contributed by atoms with van der Waals surface area (Å²) in [6.45, 7) is 0. The molecule has 0 bridgehead atoms. The van der Waals surface area contributed by atoms with Crippen molar-refractivity contribution >= 4 is 45.9 Å². The molecule has 4 heterocycles. The zero-order valence-electron chi connectivity index (χ0n) is 40.8. The molecule has 0 saturated heterocycles. The van der Waals surface area contributed by atoms with Gasteiger partial charge < -0.3 is 14.5 Å². The second-order valence-electron chi connectivity index (χ2n) is 18.5. The average molecular weight is 994 g/mol. The zero-order chi connectivity index (χ0) is 50.4. The molecule has 0 atom stereocenters. The summed E-state index contributed by atoms with van der Waals surface area (Å²) in [6.07, 6.45) is 0. The summed E-state index contributed by atoms with van der Waals surface area (Å²) < 4.78 is 6.58. The average Bonchev–Trinajstić information content (AvgIpc) is 3.55. The van der Waals surface area contributed by atoms with Crippen LogP contribution in [0.4, 0.5) is 34.1 Å². The first kappa shape index (κ1) is 44.7. The highest BCUT2D eigenvalue weighted by Gasteiger charge is 2.29. The maximum absolute atomic E-state index is 6.58. The van der Waals surface area contributed by atoms with E-state index >= 15 is 0 Å². The Kier molecular flexibility index (Phi) is 11.3. The lowest BCUT2D eigenvalue weighted by Gasteiger charge is -2.34. The van der Waals surface area contributed by atoms with Crippen LogP contribution in [-0.2, 0) is 0 Å². The minimum atomic E-state index is 0.532. The lowest BCUT2D eigenvalue weighted by molar-refractivity contribution is 0.477. The van der Waals surface area contributed by atoms with Crippen LogP contribution in [0.2, 0.25) is 0 Å². The Bertz CT molecular complexity index is 3670. The Morgan fingerprint density at radius 1 is 0.263 bits per heavy atom. The third-order valence-corrected chi connectivity index (χ3v) is 14.8. The van der Waals surface area contributed by atoms with Crippen LogP contribution in [0.5, 0.6) is 11.5 Å². The molecule has 0 N–H and O–H groups in total. The molecule has 0 aliphatic carbocycles. The molecular formula is C67H43N7OS. The van der Waals surface area contributed by atoms with Gasteiger partial charge in [-0.05, 0) is 102 Å². The van der Waals surface area contributed by atoms with Crippen molar-refractivity contribution < 1.29 is 4.74 Å². The molecule has 0 saturated carbocycles. The van der Waals surface area contributed by atoms with E-state index in [9.17, 15) is 0 Å². The number of fused-ring (bicyclic) bond motifs is 4. The van der Waals surface area contributed by atoms with Gasteiger partial charge in [-0.2, -0.15) is 0 Å². The summed E-state index contributed by atoms with van der Waals surface area (Å²) in [5.41, 5.74) is 14.8. The fourth-order valence-corrected chi connectivity index (χ4v) is 11.1. The first-order valence-corrected chi connectivity index (χ1v) is 26.0. The topological polar surface area (TPSA) is 80.2 Å². The summed E-state index contributed by atoms with van der Waals surface area (Å²) in [5, 5.41) is 0. The van der Waals surface area contributed by atoms with Crippen LogP contribution in [0.3, 0.4) is 0 Å². The summed E-state index contributed by atoms with van der Waals surface area (Å²) in [4.78, 5) is 33.5. The SMILES string of the molecule is c1ccc(-c2cc(-c3ccccc3)nc(-c3cc(-c4cc(-c5nc(-c6ccccc6)nc(-c6ccccc6)n5)cc(N5c6ccccc6Oc6ccccc65)c4)cc(N4c5ccccc5Sc5ccccc54)c3)n2)cc1. The molecule has 358 valence electrons. The summed E-state index contributed by atoms with van der Waals surface area (Å²) in [5.74, 6) is 3.78. The fourth-order valence-electron chi connectivity index (χ4n) is 10.1. The number of benzene rings is 10. The Morgan fingerprint density at radius 2 is 0.592 bits per heavy atom. The highest BCUT2D eigenvalue weighted by Crippen LogP contribution is 2.54. The van der Waals surface area contributed by atoms with Gasteiger partial charge in [-0.3, -0.25) is 0 Å². The van der Waals surface area contributed by atoms with Crippen LogP contribution in [0.15, 0.2) is 271 Å². The van der Waals surface area contributed by atoms with Gasteiger partial charge in [-0.15, -0.1) is 0 Å². The summed E-state index contributed by atoms with van der Waals surface area (Å²) in [6, 6.07) is 89.9. The number of aromatic nitrogens is 5. The second-order valence-corrected chi connectivity index (χ2v) is 19.6. The first-order chi connectivity index (χ1) is 37.6. The van der Waals surface area contributed by atoms with Crippen LogP contribution >= 0.6 is 11.8 Å². The second kappa shape index (κ2) is 19.1. The molecule has 0 amide bonds. The number of para-hydroxylation sites is 6. The highest BCUT2D eigenvalue weighted by molar-refractivity contribution is 7.99. The van der Waals surface area contributed by atoms with Crippen LogP contribution in [0.1, 0.15) is 0 Å². The van der Waals surface area contributed by atoms with Crippen molar-refractivity contribution in [1.82, 2.24) is 24.9 Å². The molecule has 8 nitrogen and oxygen atoms in total. The summed E-state index contributed by atoms with van der Waals surface area (Å²) in [7, 11) is 0. The van der Waals surface area contributed by atoms with Crippen LogP contribution < -0.4 is 14.5 Å². The van der Waals surface area contributed by atoms with Gasteiger partial charge in [0.1, 0.15) is 0 Å². The van der Waals surface area contributed by atoms with Crippen LogP contribution in [0.25, 0.3) is 79.2 Å². The molecule has 2 aliphatic heterocycles. The molecule has 9 heteroatoms. The number of rotatable bonds is 9. The van der Waals surface area contributed by atoms with Gasteiger partial charge in [0, 0.05) is 54.5 Å². The Hall–Kier alpha value is -9.96. The van der Waals surface area contributed by atoms with E-state index in [2.05, 4.69) is 161 Å². The quantitative estimate of drug-likeness (QED) is 0.140. The third-order valence-electron chi connectivity index (χ3n) is 13.6. The van der Waals surface area contributed by atoms with E-state index < -0.39 is 0 Å². The highest BCUT2D eigenvalue weighted by atomic mass is 32.2. The van der Waals surface area contributed by atoms with Crippen molar-refractivity contribution in [3.05, 3.63) is 261 Å². The minimum Gasteiger partial charge on any atom is -0.453 e. The monoisotopic (exact) mass is 993 g/mol. The molecule has 10 aromatic carbocycles. The Balaban J connectivity index is 1.05. The van der Waals surface area contributed by atoms with E-state index in [4.69, 9.17) is 29.7 Å². The third kappa shape index (κ3) is 8.40. The largest absolute Gasteiger partial charge is 0.453 e. The first-order valence-electron chi connectivity index (χ1n) is 25.1. The van der Waals surface area contributed by atoms with Gasteiger partial charge in [0.25, 0.3) is 0 Å². The number of nitrogens with zero attached hydrogens (tertiary/aromatic N) is 7. The molecule has 2 aromatic heterocycles. The normalized spacial score (nSPS) is 12.2. The zero-order valence-corrected chi connectivity index (χ0v) is 41.6. The van der Waals surface area contributed by atoms with Gasteiger partial charge in [0.05, 0.1) is 34.1 Å². The predicted octanol–water partition coefficient (Wildman–Crippen LogP) is 17.8. The maximum atomic E-state index is 6.58. The van der Waals surface area contributed by atoms with E-state index in [-0.39, 0.29) is 0 Å². The van der Waals surface area contributed by atoms with E-state index in [1.807, 2.05) is 109 Å². The lowest BCUT2D eigenvalue weighted by Crippen LogP contribution is -2.16. The van der Waals surface area contributed by atoms with Crippen molar-refractivity contribution in [2.75, 3.05) is 9.80 Å².